The van der Waals surface area contributed by atoms with Crippen molar-refractivity contribution in [3.05, 3.63) is 53.1 Å². The minimum atomic E-state index is -3.49. The summed E-state index contributed by atoms with van der Waals surface area (Å²) in [5.74, 6) is 0.125. The maximum atomic E-state index is 12.8. The van der Waals surface area contributed by atoms with Gasteiger partial charge in [-0.1, -0.05) is 24.4 Å². The minimum Gasteiger partial charge on any atom is -0.484 e. The van der Waals surface area contributed by atoms with Gasteiger partial charge in [-0.2, -0.15) is 4.31 Å². The first-order chi connectivity index (χ1) is 13.9. The lowest BCUT2D eigenvalue weighted by Gasteiger charge is -2.20. The Labute approximate surface area is 176 Å². The Morgan fingerprint density at radius 2 is 1.72 bits per heavy atom. The summed E-state index contributed by atoms with van der Waals surface area (Å²) in [7, 11) is -3.49. The highest BCUT2D eigenvalue weighted by Gasteiger charge is 2.25. The van der Waals surface area contributed by atoms with Crippen LogP contribution in [0.2, 0.25) is 5.02 Å². The SMILES string of the molecule is Cc1cc(Cl)ccc1NC(=O)COc1ccc(S(=O)(=O)N2CCCCCC2)cc1. The van der Waals surface area contributed by atoms with E-state index in [1.54, 1.807) is 34.6 Å². The van der Waals surface area contributed by atoms with E-state index in [1.807, 2.05) is 6.92 Å². The number of aryl methyl sites for hydroxylation is 1. The van der Waals surface area contributed by atoms with Crippen molar-refractivity contribution >= 4 is 33.2 Å². The summed E-state index contributed by atoms with van der Waals surface area (Å²) in [5, 5.41) is 3.37. The Bertz CT molecular complexity index is 953. The van der Waals surface area contributed by atoms with E-state index in [4.69, 9.17) is 16.3 Å². The maximum Gasteiger partial charge on any atom is 0.262 e. The molecule has 1 heterocycles. The Balaban J connectivity index is 1.58. The number of nitrogens with one attached hydrogen (secondary N) is 1. The van der Waals surface area contributed by atoms with Crippen molar-refractivity contribution in [1.82, 2.24) is 4.31 Å². The van der Waals surface area contributed by atoms with Crippen LogP contribution in [0.5, 0.6) is 5.75 Å². The van der Waals surface area contributed by atoms with E-state index in [1.165, 1.54) is 12.1 Å². The number of nitrogens with zero attached hydrogens (tertiary/aromatic N) is 1. The summed E-state index contributed by atoms with van der Waals surface area (Å²) in [5.41, 5.74) is 1.52. The van der Waals surface area contributed by atoms with Crippen LogP contribution in [0.25, 0.3) is 0 Å². The third kappa shape index (κ3) is 5.72. The zero-order valence-corrected chi connectivity index (χ0v) is 17.9. The lowest BCUT2D eigenvalue weighted by molar-refractivity contribution is -0.118. The van der Waals surface area contributed by atoms with E-state index < -0.39 is 10.0 Å². The van der Waals surface area contributed by atoms with Gasteiger partial charge in [-0.3, -0.25) is 4.79 Å². The number of hydrogen-bond acceptors (Lipinski definition) is 4. The Kier molecular flexibility index (Phi) is 7.16. The van der Waals surface area contributed by atoms with E-state index in [0.29, 0.717) is 29.5 Å². The molecule has 1 saturated heterocycles. The number of benzene rings is 2. The second kappa shape index (κ2) is 9.61. The predicted octanol–water partition coefficient (Wildman–Crippen LogP) is 4.23. The number of hydrogen-bond donors (Lipinski definition) is 1. The third-order valence-electron chi connectivity index (χ3n) is 4.86. The maximum absolute atomic E-state index is 12.8. The summed E-state index contributed by atoms with van der Waals surface area (Å²) in [4.78, 5) is 12.4. The van der Waals surface area contributed by atoms with Crippen molar-refractivity contribution in [1.29, 1.82) is 0 Å². The topological polar surface area (TPSA) is 75.7 Å². The van der Waals surface area contributed by atoms with Gasteiger partial charge in [0.05, 0.1) is 4.90 Å². The van der Waals surface area contributed by atoms with Crippen LogP contribution in [-0.4, -0.2) is 38.3 Å². The van der Waals surface area contributed by atoms with E-state index >= 15 is 0 Å². The van der Waals surface area contributed by atoms with Gasteiger partial charge in [0, 0.05) is 23.8 Å². The predicted molar refractivity (Wildman–Crippen MR) is 114 cm³/mol. The first-order valence-corrected chi connectivity index (χ1v) is 11.5. The molecule has 0 spiro atoms. The fraction of sp³-hybridized carbons (Fsp3) is 0.381. The number of carbonyl (C=O) groups excluding carboxylic acids is 1. The molecule has 29 heavy (non-hydrogen) atoms. The molecule has 1 fully saturated rings. The van der Waals surface area contributed by atoms with E-state index in [0.717, 1.165) is 31.2 Å². The molecule has 0 aromatic heterocycles. The van der Waals surface area contributed by atoms with Crippen LogP contribution in [0.1, 0.15) is 31.2 Å². The number of anilines is 1. The average molecular weight is 437 g/mol. The molecule has 3 rings (SSSR count). The Morgan fingerprint density at radius 1 is 1.07 bits per heavy atom. The van der Waals surface area contributed by atoms with Crippen molar-refractivity contribution in [3.8, 4) is 5.75 Å². The molecular formula is C21H25ClN2O4S. The monoisotopic (exact) mass is 436 g/mol. The number of ether oxygens (including phenoxy) is 1. The first kappa shape index (κ1) is 21.6. The van der Waals surface area contributed by atoms with Gasteiger partial charge < -0.3 is 10.1 Å². The van der Waals surface area contributed by atoms with Crippen LogP contribution in [0, 0.1) is 6.92 Å². The first-order valence-electron chi connectivity index (χ1n) is 9.65. The van der Waals surface area contributed by atoms with E-state index in [2.05, 4.69) is 5.32 Å². The summed E-state index contributed by atoms with van der Waals surface area (Å²) < 4.78 is 32.6. The van der Waals surface area contributed by atoms with Crippen molar-refractivity contribution in [3.63, 3.8) is 0 Å². The van der Waals surface area contributed by atoms with Crippen molar-refractivity contribution in [2.24, 2.45) is 0 Å². The molecule has 2 aromatic carbocycles. The summed E-state index contributed by atoms with van der Waals surface area (Å²) in [6, 6.07) is 11.4. The molecule has 0 unspecified atom stereocenters. The van der Waals surface area contributed by atoms with Gasteiger partial charge in [0.25, 0.3) is 5.91 Å². The molecule has 0 bridgehead atoms. The Morgan fingerprint density at radius 3 is 2.34 bits per heavy atom. The van der Waals surface area contributed by atoms with Crippen molar-refractivity contribution < 1.29 is 17.9 Å². The number of rotatable bonds is 6. The van der Waals surface area contributed by atoms with Gasteiger partial charge in [-0.05, 0) is 67.8 Å². The fourth-order valence-corrected chi connectivity index (χ4v) is 4.99. The highest BCUT2D eigenvalue weighted by atomic mass is 35.5. The molecule has 0 saturated carbocycles. The largest absolute Gasteiger partial charge is 0.484 e. The molecule has 156 valence electrons. The standard InChI is InChI=1S/C21H25ClN2O4S/c1-16-14-17(22)6-11-20(16)23-21(25)15-28-18-7-9-19(10-8-18)29(26,27)24-12-4-2-3-5-13-24/h6-11,14H,2-5,12-13,15H2,1H3,(H,23,25). The molecular weight excluding hydrogens is 412 g/mol. The van der Waals surface area contributed by atoms with Gasteiger partial charge in [0.15, 0.2) is 6.61 Å². The second-order valence-electron chi connectivity index (χ2n) is 7.09. The highest BCUT2D eigenvalue weighted by Crippen LogP contribution is 2.23. The van der Waals surface area contributed by atoms with Crippen LogP contribution in [0.3, 0.4) is 0 Å². The van der Waals surface area contributed by atoms with E-state index in [-0.39, 0.29) is 17.4 Å². The zero-order chi connectivity index (χ0) is 20.9. The summed E-state index contributed by atoms with van der Waals surface area (Å²) in [6.45, 7) is 2.79. The Hall–Kier alpha value is -2.09. The normalized spacial score (nSPS) is 15.5. The molecule has 6 nitrogen and oxygen atoms in total. The second-order valence-corrected chi connectivity index (χ2v) is 9.46. The van der Waals surface area contributed by atoms with Crippen LogP contribution < -0.4 is 10.1 Å². The minimum absolute atomic E-state index is 0.180. The quantitative estimate of drug-likeness (QED) is 0.735. The molecule has 1 N–H and O–H groups in total. The van der Waals surface area contributed by atoms with Crippen LogP contribution in [0.4, 0.5) is 5.69 Å². The van der Waals surface area contributed by atoms with Crippen LogP contribution in [0.15, 0.2) is 47.4 Å². The van der Waals surface area contributed by atoms with Gasteiger partial charge in [0.2, 0.25) is 10.0 Å². The van der Waals surface area contributed by atoms with Crippen LogP contribution in [-0.2, 0) is 14.8 Å². The molecule has 0 atom stereocenters. The number of amides is 1. The van der Waals surface area contributed by atoms with Crippen molar-refractivity contribution in [2.75, 3.05) is 25.0 Å². The summed E-state index contributed by atoms with van der Waals surface area (Å²) in [6.07, 6.45) is 3.91. The lowest BCUT2D eigenvalue weighted by atomic mass is 10.2. The van der Waals surface area contributed by atoms with Gasteiger partial charge in [0.1, 0.15) is 5.75 Å². The van der Waals surface area contributed by atoms with Gasteiger partial charge in [-0.25, -0.2) is 8.42 Å². The third-order valence-corrected chi connectivity index (χ3v) is 7.01. The molecule has 0 aliphatic carbocycles. The summed E-state index contributed by atoms with van der Waals surface area (Å²) >= 11 is 5.91. The molecule has 0 radical (unpaired) electrons. The van der Waals surface area contributed by atoms with Crippen molar-refractivity contribution in [2.45, 2.75) is 37.5 Å². The molecule has 2 aromatic rings. The van der Waals surface area contributed by atoms with Gasteiger partial charge >= 0.3 is 0 Å². The van der Waals surface area contributed by atoms with E-state index in [9.17, 15) is 13.2 Å². The molecule has 1 aliphatic heterocycles. The van der Waals surface area contributed by atoms with Gasteiger partial charge in [-0.15, -0.1) is 0 Å². The number of halogens is 1. The lowest BCUT2D eigenvalue weighted by Crippen LogP contribution is -2.31. The zero-order valence-electron chi connectivity index (χ0n) is 16.4. The molecule has 1 aliphatic rings. The fourth-order valence-electron chi connectivity index (χ4n) is 3.24. The smallest absolute Gasteiger partial charge is 0.262 e. The number of carbonyl (C=O) groups is 1. The molecule has 1 amide bonds. The average Bonchev–Trinajstić information content (AvgIpc) is 2.99. The number of sulfonamides is 1. The molecule has 8 heteroatoms. The highest BCUT2D eigenvalue weighted by molar-refractivity contribution is 7.89. The van der Waals surface area contributed by atoms with Crippen LogP contribution >= 0.6 is 11.6 Å².